The molecular weight excluding hydrogens is 176 g/mol. The van der Waals surface area contributed by atoms with Gasteiger partial charge in [-0.15, -0.1) is 0 Å². The summed E-state index contributed by atoms with van der Waals surface area (Å²) in [7, 11) is -4.92. The Hall–Kier alpha value is 1.13. The third-order valence-electron chi connectivity index (χ3n) is 0.556. The first-order valence-corrected chi connectivity index (χ1v) is 2.36. The predicted octanol–water partition coefficient (Wildman–Crippen LogP) is -11.0. The van der Waals surface area contributed by atoms with Gasteiger partial charge in [-0.05, 0) is 0 Å². The molecule has 0 aromatic heterocycles. The molecule has 0 rings (SSSR count). The third kappa shape index (κ3) is 15.6. The summed E-state index contributed by atoms with van der Waals surface area (Å²) in [6, 6.07) is 0. The van der Waals surface area contributed by atoms with Crippen molar-refractivity contribution < 1.29 is 70.9 Å². The standard InChI is InChI=1S/B4O7.3Li.H/c5-1-9-3(7)11-4(8)10-2-6;;;;/q-2;;2*+1;. The van der Waals surface area contributed by atoms with E-state index in [4.69, 9.17) is 0 Å². The Balaban J connectivity index is -0.000000167. The molecular formula is HB4Li3O7. The van der Waals surface area contributed by atoms with Gasteiger partial charge in [-0.25, -0.2) is 0 Å². The molecule has 14 heavy (non-hydrogen) atoms. The summed E-state index contributed by atoms with van der Waals surface area (Å²) in [4.78, 5) is 0. The normalized spacial score (nSPS) is 5.86. The number of hydrogen-bond acceptors (Lipinski definition) is 7. The summed E-state index contributed by atoms with van der Waals surface area (Å²) < 4.78 is 29.8. The molecule has 0 saturated carbocycles. The van der Waals surface area contributed by atoms with Gasteiger partial charge in [0.2, 0.25) is 0 Å². The van der Waals surface area contributed by atoms with Gasteiger partial charge in [0.1, 0.15) is 0 Å². The van der Waals surface area contributed by atoms with E-state index in [0.717, 1.165) is 0 Å². The molecule has 0 bridgehead atoms. The van der Waals surface area contributed by atoms with Crippen LogP contribution in [0.3, 0.4) is 0 Å². The van der Waals surface area contributed by atoms with Crippen molar-refractivity contribution in [2.24, 2.45) is 0 Å². The Morgan fingerprint density at radius 1 is 0.929 bits per heavy atom. The second-order valence-electron chi connectivity index (χ2n) is 1.18. The van der Waals surface area contributed by atoms with Crippen molar-refractivity contribution in [3.63, 3.8) is 0 Å². The Labute approximate surface area is 118 Å². The van der Waals surface area contributed by atoms with Gasteiger partial charge in [0.25, 0.3) is 0 Å². The average molecular weight is 177 g/mol. The van der Waals surface area contributed by atoms with Crippen LogP contribution in [0.2, 0.25) is 0 Å². The van der Waals surface area contributed by atoms with Gasteiger partial charge >= 0.3 is 119 Å². The third-order valence-corrected chi connectivity index (χ3v) is 0.556. The Morgan fingerprint density at radius 2 is 1.21 bits per heavy atom. The average Bonchev–Trinajstić information content (AvgIpc) is 1.87. The monoisotopic (exact) mass is 178 g/mol. The summed E-state index contributed by atoms with van der Waals surface area (Å²) in [5.41, 5.74) is 0. The van der Waals surface area contributed by atoms with E-state index in [-0.39, 0.29) is 71.3 Å². The zero-order valence-electron chi connectivity index (χ0n) is 7.17. The first-order chi connectivity index (χ1) is 5.20. The minimum atomic E-state index is -2.27. The van der Waals surface area contributed by atoms with Crippen molar-refractivity contribution in [1.82, 2.24) is 0 Å². The van der Waals surface area contributed by atoms with Gasteiger partial charge in [-0.1, -0.05) is 0 Å². The van der Waals surface area contributed by atoms with Crippen molar-refractivity contribution in [2.75, 3.05) is 0 Å². The summed E-state index contributed by atoms with van der Waals surface area (Å²) >= 11 is 0. The van der Waals surface area contributed by atoms with Crippen LogP contribution in [0.25, 0.3) is 0 Å². The Morgan fingerprint density at radius 3 is 1.43 bits per heavy atom. The molecule has 0 aliphatic heterocycles. The van der Waals surface area contributed by atoms with E-state index in [1.54, 1.807) is 0 Å². The zero-order chi connectivity index (χ0) is 8.69. The van der Waals surface area contributed by atoms with Crippen LogP contribution in [0, 0.1) is 0 Å². The van der Waals surface area contributed by atoms with E-state index in [2.05, 4.69) is 13.7 Å². The Bertz CT molecular complexity index is 120. The fraction of sp³-hybridized carbons (Fsp3) is 0. The molecule has 0 aliphatic rings. The summed E-state index contributed by atoms with van der Waals surface area (Å²) in [5.74, 6) is 0. The second-order valence-corrected chi connectivity index (χ2v) is 1.18. The molecule has 14 heteroatoms. The Kier molecular flexibility index (Phi) is 28.8. The fourth-order valence-electron chi connectivity index (χ4n) is 0.246. The fourth-order valence-corrected chi connectivity index (χ4v) is 0.246. The second kappa shape index (κ2) is 16.6. The molecule has 0 radical (unpaired) electrons. The van der Waals surface area contributed by atoms with Gasteiger partial charge in [-0.2, -0.15) is 0 Å². The number of hydrogen-bond donors (Lipinski definition) is 0. The van der Waals surface area contributed by atoms with E-state index in [9.17, 15) is 19.5 Å². The molecule has 0 aromatic rings. The van der Waals surface area contributed by atoms with Crippen molar-refractivity contribution >= 4 is 48.2 Å². The molecule has 0 heterocycles. The van der Waals surface area contributed by atoms with Crippen LogP contribution >= 0.6 is 0 Å². The molecule has 0 atom stereocenters. The summed E-state index contributed by atoms with van der Waals surface area (Å²) in [5, 5.41) is 20.3. The van der Waals surface area contributed by atoms with E-state index in [0.29, 0.717) is 0 Å². The zero-order valence-corrected chi connectivity index (χ0v) is 7.17. The van der Waals surface area contributed by atoms with Crippen molar-refractivity contribution in [3.8, 4) is 0 Å². The minimum absolute atomic E-state index is 0. The first kappa shape index (κ1) is 24.4. The molecule has 0 fully saturated rings. The van der Waals surface area contributed by atoms with Crippen LogP contribution in [0.1, 0.15) is 0 Å². The van der Waals surface area contributed by atoms with Gasteiger partial charge < -0.3 is 0 Å². The van der Waals surface area contributed by atoms with Gasteiger partial charge in [0.05, 0.1) is 0 Å². The van der Waals surface area contributed by atoms with Gasteiger partial charge in [0, 0.05) is 0 Å². The number of rotatable bonds is 6. The van der Waals surface area contributed by atoms with Crippen LogP contribution in [0.15, 0.2) is 0 Å². The molecule has 0 amide bonds. The topological polar surface area (TPSA) is 108 Å². The SMILES string of the molecule is O=BOB([O-])OB([O-])OB=O.[Li+].[Li+].[LiH]. The molecule has 0 aliphatic carbocycles. The van der Waals surface area contributed by atoms with Crippen LogP contribution < -0.4 is 47.8 Å². The molecule has 7 nitrogen and oxygen atoms in total. The van der Waals surface area contributed by atoms with E-state index < -0.39 is 14.6 Å². The van der Waals surface area contributed by atoms with Gasteiger partial charge in [0.15, 0.2) is 0 Å². The van der Waals surface area contributed by atoms with Crippen molar-refractivity contribution in [2.45, 2.75) is 0 Å². The predicted molar refractivity (Wildman–Crippen MR) is 34.8 cm³/mol. The van der Waals surface area contributed by atoms with Crippen LogP contribution in [0.4, 0.5) is 0 Å². The molecule has 58 valence electrons. The molecule has 0 aromatic carbocycles. The van der Waals surface area contributed by atoms with Crippen molar-refractivity contribution in [3.05, 3.63) is 0 Å². The van der Waals surface area contributed by atoms with E-state index >= 15 is 0 Å². The van der Waals surface area contributed by atoms with Crippen LogP contribution in [-0.4, -0.2) is 48.2 Å². The van der Waals surface area contributed by atoms with E-state index in [1.165, 1.54) is 0 Å². The summed E-state index contributed by atoms with van der Waals surface area (Å²) in [6.07, 6.45) is 0. The van der Waals surface area contributed by atoms with Gasteiger partial charge in [-0.3, -0.25) is 0 Å². The molecule has 0 N–H and O–H groups in total. The molecule has 0 spiro atoms. The van der Waals surface area contributed by atoms with Crippen LogP contribution in [0.5, 0.6) is 0 Å². The maximum absolute atomic E-state index is 10.1. The maximum atomic E-state index is 10.1. The van der Waals surface area contributed by atoms with E-state index in [1.807, 2.05) is 0 Å². The summed E-state index contributed by atoms with van der Waals surface area (Å²) in [6.45, 7) is 0. The van der Waals surface area contributed by atoms with Crippen molar-refractivity contribution in [1.29, 1.82) is 0 Å². The van der Waals surface area contributed by atoms with Crippen LogP contribution in [-0.2, 0) is 23.1 Å². The molecule has 0 saturated heterocycles. The molecule has 0 unspecified atom stereocenters. The quantitative estimate of drug-likeness (QED) is 0.370. The first-order valence-electron chi connectivity index (χ1n) is 2.36.